The van der Waals surface area contributed by atoms with Gasteiger partial charge in [-0.05, 0) is 46.3 Å². The van der Waals surface area contributed by atoms with E-state index in [4.69, 9.17) is 5.11 Å². The first-order valence-corrected chi connectivity index (χ1v) is 6.82. The third-order valence-electron chi connectivity index (χ3n) is 3.47. The number of carboxylic acid groups (broad SMARTS) is 1. The van der Waals surface area contributed by atoms with Gasteiger partial charge in [0.2, 0.25) is 0 Å². The van der Waals surface area contributed by atoms with Gasteiger partial charge in [-0.15, -0.1) is 0 Å². The molecule has 1 aromatic heterocycles. The Bertz CT molecular complexity index is 464. The fourth-order valence-corrected chi connectivity index (χ4v) is 2.54. The van der Waals surface area contributed by atoms with E-state index in [1.54, 1.807) is 6.07 Å². The molecule has 2 heterocycles. The average molecular weight is 313 g/mol. The lowest BCUT2D eigenvalue weighted by Gasteiger charge is -2.37. The minimum atomic E-state index is -0.920. The Kier molecular flexibility index (Phi) is 3.61. The molecule has 1 N–H and O–H groups in total. The molecule has 98 valence electrons. The number of aromatic nitrogens is 1. The third kappa shape index (κ3) is 3.02. The Morgan fingerprint density at radius 3 is 2.56 bits per heavy atom. The highest BCUT2D eigenvalue weighted by Gasteiger charge is 2.26. The Morgan fingerprint density at radius 2 is 2.00 bits per heavy atom. The number of rotatable bonds is 2. The van der Waals surface area contributed by atoms with Crippen molar-refractivity contribution in [3.8, 4) is 0 Å². The number of nitrogens with zero attached hydrogens (tertiary/aromatic N) is 2. The molecule has 18 heavy (non-hydrogen) atoms. The molecule has 1 fully saturated rings. The van der Waals surface area contributed by atoms with Crippen molar-refractivity contribution in [2.45, 2.75) is 26.7 Å². The van der Waals surface area contributed by atoms with Crippen molar-refractivity contribution >= 4 is 27.7 Å². The van der Waals surface area contributed by atoms with Crippen molar-refractivity contribution in [3.63, 3.8) is 0 Å². The molecule has 1 saturated heterocycles. The molecule has 0 atom stereocenters. The summed E-state index contributed by atoms with van der Waals surface area (Å²) in [5.74, 6) is -0.172. The molecular weight excluding hydrogens is 296 g/mol. The first-order valence-electron chi connectivity index (χ1n) is 6.03. The van der Waals surface area contributed by atoms with Crippen molar-refractivity contribution in [1.82, 2.24) is 4.98 Å². The fourth-order valence-electron chi connectivity index (χ4n) is 2.11. The highest BCUT2D eigenvalue weighted by atomic mass is 79.9. The van der Waals surface area contributed by atoms with Crippen LogP contribution in [-0.2, 0) is 0 Å². The SMILES string of the molecule is CC1(C)CCN(c2cc(C(=O)O)cc(Br)n2)CC1. The average Bonchev–Trinajstić information content (AvgIpc) is 2.28. The summed E-state index contributed by atoms with van der Waals surface area (Å²) < 4.78 is 0.572. The summed E-state index contributed by atoms with van der Waals surface area (Å²) in [5, 5.41) is 9.05. The second-order valence-corrected chi connectivity index (χ2v) is 6.31. The van der Waals surface area contributed by atoms with E-state index in [0.717, 1.165) is 31.7 Å². The van der Waals surface area contributed by atoms with Crippen molar-refractivity contribution in [2.24, 2.45) is 5.41 Å². The number of hydrogen-bond donors (Lipinski definition) is 1. The summed E-state index contributed by atoms with van der Waals surface area (Å²) in [4.78, 5) is 17.5. The second kappa shape index (κ2) is 4.88. The van der Waals surface area contributed by atoms with E-state index < -0.39 is 5.97 Å². The van der Waals surface area contributed by atoms with Crippen molar-refractivity contribution in [2.75, 3.05) is 18.0 Å². The van der Waals surface area contributed by atoms with Gasteiger partial charge in [-0.1, -0.05) is 13.8 Å². The molecule has 1 aromatic rings. The van der Waals surface area contributed by atoms with Crippen LogP contribution in [0.3, 0.4) is 0 Å². The molecular formula is C13H17BrN2O2. The van der Waals surface area contributed by atoms with Crippen molar-refractivity contribution < 1.29 is 9.90 Å². The molecule has 1 aliphatic heterocycles. The van der Waals surface area contributed by atoms with E-state index >= 15 is 0 Å². The van der Waals surface area contributed by atoms with Gasteiger partial charge in [-0.25, -0.2) is 9.78 Å². The molecule has 0 aliphatic carbocycles. The summed E-state index contributed by atoms with van der Waals surface area (Å²) in [7, 11) is 0. The predicted octanol–water partition coefficient (Wildman–Crippen LogP) is 3.17. The van der Waals surface area contributed by atoms with E-state index in [1.165, 1.54) is 6.07 Å². The van der Waals surface area contributed by atoms with E-state index in [0.29, 0.717) is 10.0 Å². The van der Waals surface area contributed by atoms with Crippen LogP contribution < -0.4 is 4.90 Å². The molecule has 0 saturated carbocycles. The van der Waals surface area contributed by atoms with Crippen LogP contribution in [0.15, 0.2) is 16.7 Å². The number of pyridine rings is 1. The van der Waals surface area contributed by atoms with Gasteiger partial charge < -0.3 is 10.0 Å². The summed E-state index contributed by atoms with van der Waals surface area (Å²) >= 11 is 3.27. The predicted molar refractivity (Wildman–Crippen MR) is 74.1 cm³/mol. The van der Waals surface area contributed by atoms with Crippen LogP contribution in [0, 0.1) is 5.41 Å². The molecule has 0 aromatic carbocycles. The topological polar surface area (TPSA) is 53.4 Å². The summed E-state index contributed by atoms with van der Waals surface area (Å²) in [6.45, 7) is 6.38. The standard InChI is InChI=1S/C13H17BrN2O2/c1-13(2)3-5-16(6-4-13)11-8-9(12(17)18)7-10(14)15-11/h7-8H,3-6H2,1-2H3,(H,17,18). The molecule has 0 amide bonds. The molecule has 2 rings (SSSR count). The fraction of sp³-hybridized carbons (Fsp3) is 0.538. The van der Waals surface area contributed by atoms with Crippen LogP contribution in [0.25, 0.3) is 0 Å². The van der Waals surface area contributed by atoms with Gasteiger partial charge in [0, 0.05) is 13.1 Å². The lowest BCUT2D eigenvalue weighted by atomic mass is 9.83. The first-order chi connectivity index (χ1) is 8.37. The largest absolute Gasteiger partial charge is 0.478 e. The van der Waals surface area contributed by atoms with Gasteiger partial charge in [0.15, 0.2) is 0 Å². The Hall–Kier alpha value is -1.10. The molecule has 0 bridgehead atoms. The van der Waals surface area contributed by atoms with Gasteiger partial charge in [0.1, 0.15) is 10.4 Å². The van der Waals surface area contributed by atoms with E-state index in [-0.39, 0.29) is 5.56 Å². The van der Waals surface area contributed by atoms with Crippen molar-refractivity contribution in [1.29, 1.82) is 0 Å². The van der Waals surface area contributed by atoms with Gasteiger partial charge in [0.05, 0.1) is 5.56 Å². The normalized spacial score (nSPS) is 18.7. The quantitative estimate of drug-likeness (QED) is 0.852. The van der Waals surface area contributed by atoms with Gasteiger partial charge >= 0.3 is 5.97 Å². The maximum atomic E-state index is 11.0. The molecule has 5 heteroatoms. The molecule has 4 nitrogen and oxygen atoms in total. The Labute approximate surface area is 115 Å². The number of carbonyl (C=O) groups is 1. The summed E-state index contributed by atoms with van der Waals surface area (Å²) in [6, 6.07) is 3.17. The Morgan fingerprint density at radius 1 is 1.39 bits per heavy atom. The van der Waals surface area contributed by atoms with Crippen LogP contribution in [0.2, 0.25) is 0 Å². The summed E-state index contributed by atoms with van der Waals surface area (Å²) in [6.07, 6.45) is 2.20. The number of anilines is 1. The highest BCUT2D eigenvalue weighted by Crippen LogP contribution is 2.32. The molecule has 0 radical (unpaired) electrons. The minimum Gasteiger partial charge on any atom is -0.478 e. The number of hydrogen-bond acceptors (Lipinski definition) is 3. The lowest BCUT2D eigenvalue weighted by Crippen LogP contribution is -2.37. The van der Waals surface area contributed by atoms with Crippen LogP contribution in [0.1, 0.15) is 37.0 Å². The zero-order valence-electron chi connectivity index (χ0n) is 10.6. The smallest absolute Gasteiger partial charge is 0.335 e. The van der Waals surface area contributed by atoms with Crippen LogP contribution >= 0.6 is 15.9 Å². The Balaban J connectivity index is 2.21. The lowest BCUT2D eigenvalue weighted by molar-refractivity contribution is 0.0696. The number of halogens is 1. The van der Waals surface area contributed by atoms with E-state index in [2.05, 4.69) is 39.7 Å². The van der Waals surface area contributed by atoms with Crippen molar-refractivity contribution in [3.05, 3.63) is 22.3 Å². The number of aromatic carboxylic acids is 1. The zero-order valence-corrected chi connectivity index (χ0v) is 12.2. The number of carboxylic acids is 1. The van der Waals surface area contributed by atoms with E-state index in [9.17, 15) is 4.79 Å². The second-order valence-electron chi connectivity index (χ2n) is 5.49. The molecule has 1 aliphatic rings. The maximum Gasteiger partial charge on any atom is 0.335 e. The minimum absolute atomic E-state index is 0.275. The van der Waals surface area contributed by atoms with Gasteiger partial charge in [0.25, 0.3) is 0 Å². The van der Waals surface area contributed by atoms with Crippen LogP contribution in [0.4, 0.5) is 5.82 Å². The first kappa shape index (κ1) is 13.3. The zero-order chi connectivity index (χ0) is 13.3. The molecule has 0 spiro atoms. The van der Waals surface area contributed by atoms with Crippen LogP contribution in [0.5, 0.6) is 0 Å². The van der Waals surface area contributed by atoms with Crippen LogP contribution in [-0.4, -0.2) is 29.1 Å². The monoisotopic (exact) mass is 312 g/mol. The maximum absolute atomic E-state index is 11.0. The van der Waals surface area contributed by atoms with E-state index in [1.807, 2.05) is 0 Å². The summed E-state index contributed by atoms with van der Waals surface area (Å²) in [5.41, 5.74) is 0.648. The highest BCUT2D eigenvalue weighted by molar-refractivity contribution is 9.10. The van der Waals surface area contributed by atoms with Gasteiger partial charge in [-0.2, -0.15) is 0 Å². The third-order valence-corrected chi connectivity index (χ3v) is 3.87. The molecule has 0 unspecified atom stereocenters. The van der Waals surface area contributed by atoms with Gasteiger partial charge in [-0.3, -0.25) is 0 Å². The number of piperidine rings is 1.